The van der Waals surface area contributed by atoms with Crippen LogP contribution < -0.4 is 10.6 Å². The van der Waals surface area contributed by atoms with Crippen LogP contribution in [0.15, 0.2) is 47.6 Å². The second-order valence-corrected chi connectivity index (χ2v) is 13.6. The molecular formula is C31H36FN7O3S. The molecule has 12 heteroatoms. The van der Waals surface area contributed by atoms with Crippen molar-refractivity contribution < 1.29 is 17.6 Å². The summed E-state index contributed by atoms with van der Waals surface area (Å²) in [5.74, 6) is -0.242. The van der Waals surface area contributed by atoms with E-state index in [-0.39, 0.29) is 23.6 Å². The second-order valence-electron chi connectivity index (χ2n) is 11.7. The average Bonchev–Trinajstić information content (AvgIpc) is 3.46. The number of aromatic nitrogens is 3. The quantitative estimate of drug-likeness (QED) is 0.393. The van der Waals surface area contributed by atoms with E-state index in [1.807, 2.05) is 19.1 Å². The Labute approximate surface area is 251 Å². The molecule has 2 fully saturated rings. The molecule has 1 aliphatic carbocycles. The van der Waals surface area contributed by atoms with Gasteiger partial charge in [-0.05, 0) is 69.0 Å². The maximum Gasteiger partial charge on any atom is 0.242 e. The minimum atomic E-state index is -3.75. The van der Waals surface area contributed by atoms with Crippen molar-refractivity contribution in [3.63, 3.8) is 0 Å². The molecule has 2 aliphatic heterocycles. The fourth-order valence-electron chi connectivity index (χ4n) is 6.60. The van der Waals surface area contributed by atoms with Crippen LogP contribution in [0.1, 0.15) is 48.6 Å². The molecule has 3 unspecified atom stereocenters. The zero-order chi connectivity index (χ0) is 30.5. The number of likely N-dealkylation sites (N-methyl/N-ethyl adjacent to an activating group) is 1. The van der Waals surface area contributed by atoms with E-state index in [0.717, 1.165) is 48.0 Å². The Morgan fingerprint density at radius 1 is 1.16 bits per heavy atom. The van der Waals surface area contributed by atoms with Crippen LogP contribution in [0.3, 0.4) is 0 Å². The summed E-state index contributed by atoms with van der Waals surface area (Å²) in [7, 11) is -1.56. The van der Waals surface area contributed by atoms with Gasteiger partial charge in [-0.2, -0.15) is 0 Å². The largest absolute Gasteiger partial charge is 0.322 e. The van der Waals surface area contributed by atoms with E-state index in [9.17, 15) is 17.6 Å². The molecule has 4 heterocycles. The summed E-state index contributed by atoms with van der Waals surface area (Å²) in [6.07, 6.45) is 9.98. The van der Waals surface area contributed by atoms with Gasteiger partial charge in [-0.25, -0.2) is 27.8 Å². The Balaban J connectivity index is 1.23. The number of hydrogen-bond acceptors (Lipinski definition) is 9. The molecule has 0 saturated carbocycles. The molecule has 3 aromatic rings. The first kappa shape index (κ1) is 29.3. The molecular weight excluding hydrogens is 569 g/mol. The Kier molecular flexibility index (Phi) is 7.78. The normalized spacial score (nSPS) is 20.9. The summed E-state index contributed by atoms with van der Waals surface area (Å²) < 4.78 is 38.9. The number of nitrogens with zero attached hydrogens (tertiary/aromatic N) is 5. The summed E-state index contributed by atoms with van der Waals surface area (Å²) in [6.45, 7) is 5.75. The Bertz CT molecular complexity index is 1710. The number of anilines is 3. The fraction of sp³-hybridized carbons (Fsp3) is 0.419. The molecule has 0 spiro atoms. The number of halogens is 1. The van der Waals surface area contributed by atoms with Gasteiger partial charge in [0, 0.05) is 55.0 Å². The molecule has 2 N–H and O–H groups in total. The van der Waals surface area contributed by atoms with Gasteiger partial charge in [0.1, 0.15) is 10.7 Å². The van der Waals surface area contributed by atoms with E-state index < -0.39 is 20.5 Å². The maximum atomic E-state index is 15.0. The first-order valence-electron chi connectivity index (χ1n) is 14.6. The molecule has 3 atom stereocenters. The lowest BCUT2D eigenvalue weighted by molar-refractivity contribution is -0.122. The third kappa shape index (κ3) is 5.54. The van der Waals surface area contributed by atoms with Crippen LogP contribution in [-0.2, 0) is 21.1 Å². The molecule has 43 heavy (non-hydrogen) atoms. The number of pyridine rings is 1. The van der Waals surface area contributed by atoms with E-state index in [0.29, 0.717) is 30.0 Å². The number of aryl methyl sites for hydroxylation is 1. The van der Waals surface area contributed by atoms with E-state index in [4.69, 9.17) is 0 Å². The van der Waals surface area contributed by atoms with Gasteiger partial charge in [-0.1, -0.05) is 19.1 Å². The van der Waals surface area contributed by atoms with Gasteiger partial charge >= 0.3 is 0 Å². The fourth-order valence-corrected chi connectivity index (χ4v) is 7.36. The maximum absolute atomic E-state index is 15.0. The van der Waals surface area contributed by atoms with Gasteiger partial charge in [0.05, 0.1) is 17.4 Å². The highest BCUT2D eigenvalue weighted by molar-refractivity contribution is 7.90. The molecule has 0 radical (unpaired) electrons. The molecule has 226 valence electrons. The van der Waals surface area contributed by atoms with Gasteiger partial charge in [0.2, 0.25) is 11.9 Å². The van der Waals surface area contributed by atoms with Crippen LogP contribution in [0, 0.1) is 12.7 Å². The lowest BCUT2D eigenvalue weighted by Gasteiger charge is -2.42. The second kappa shape index (κ2) is 11.4. The standard InChI is InChI=1S/C31H36FN7O3S/c1-5-25(39-16-19-9-10-20(17-39)38(19)3)30(40)37-29-23-12-11-22(21(23)13-14-33-29)28-18(2)15-34-31(36-28)35-24-7-6-8-26(27(24)32)43(4,41)42/h6-8,11,13-15,19-20,25H,5,9-10,12,16-17H2,1-4H3,(H,33,37,40)(H,34,35,36). The number of sulfone groups is 1. The van der Waals surface area contributed by atoms with Crippen LogP contribution in [0.2, 0.25) is 0 Å². The van der Waals surface area contributed by atoms with Crippen molar-refractivity contribution in [3.05, 3.63) is 70.9 Å². The number of carbonyl (C=O) groups excluding carboxylic acids is 1. The number of allylic oxidation sites excluding steroid dienone is 1. The molecule has 2 saturated heterocycles. The molecule has 1 amide bonds. The molecule has 10 nitrogen and oxygen atoms in total. The summed E-state index contributed by atoms with van der Waals surface area (Å²) in [6, 6.07) is 6.82. The zero-order valence-electron chi connectivity index (χ0n) is 24.8. The Morgan fingerprint density at radius 2 is 1.91 bits per heavy atom. The molecule has 1 aromatic carbocycles. The van der Waals surface area contributed by atoms with E-state index >= 15 is 0 Å². The highest BCUT2D eigenvalue weighted by atomic mass is 32.2. The molecule has 3 aliphatic rings. The first-order valence-corrected chi connectivity index (χ1v) is 16.5. The summed E-state index contributed by atoms with van der Waals surface area (Å²) in [5.41, 5.74) is 4.12. The van der Waals surface area contributed by atoms with E-state index in [1.165, 1.54) is 31.0 Å². The highest BCUT2D eigenvalue weighted by Crippen LogP contribution is 2.37. The number of piperazine rings is 1. The lowest BCUT2D eigenvalue weighted by Crippen LogP contribution is -2.57. The van der Waals surface area contributed by atoms with Crippen LogP contribution in [0.4, 0.5) is 21.8 Å². The number of nitrogens with one attached hydrogen (secondary N) is 2. The predicted octanol–water partition coefficient (Wildman–Crippen LogP) is 3.95. The summed E-state index contributed by atoms with van der Waals surface area (Å²) >= 11 is 0. The summed E-state index contributed by atoms with van der Waals surface area (Å²) in [4.78, 5) is 31.5. The summed E-state index contributed by atoms with van der Waals surface area (Å²) in [5, 5.41) is 5.97. The predicted molar refractivity (Wildman–Crippen MR) is 163 cm³/mol. The van der Waals surface area contributed by atoms with Crippen molar-refractivity contribution in [1.29, 1.82) is 0 Å². The number of benzene rings is 1. The van der Waals surface area contributed by atoms with E-state index in [1.54, 1.807) is 12.4 Å². The molecule has 2 bridgehead atoms. The van der Waals surface area contributed by atoms with Crippen molar-refractivity contribution in [1.82, 2.24) is 24.8 Å². The van der Waals surface area contributed by atoms with Crippen LogP contribution in [0.25, 0.3) is 5.57 Å². The Morgan fingerprint density at radius 3 is 2.60 bits per heavy atom. The molecule has 2 aromatic heterocycles. The molecule has 6 rings (SSSR count). The van der Waals surface area contributed by atoms with Gasteiger partial charge in [0.15, 0.2) is 15.7 Å². The number of likely N-dealkylation sites (tertiary alicyclic amines) is 1. The smallest absolute Gasteiger partial charge is 0.242 e. The topological polar surface area (TPSA) is 120 Å². The SMILES string of the molecule is CCC(C(=O)Nc1nccc2c1CC=C2c1nc(Nc2cccc(S(C)(=O)=O)c2F)ncc1C)N1CC2CCC(C1)N2C. The Hall–Kier alpha value is -3.74. The minimum absolute atomic E-state index is 0.0356. The van der Waals surface area contributed by atoms with Crippen LogP contribution in [-0.4, -0.2) is 83.6 Å². The number of carbonyl (C=O) groups is 1. The van der Waals surface area contributed by atoms with Gasteiger partial charge < -0.3 is 10.6 Å². The van der Waals surface area contributed by atoms with Gasteiger partial charge in [0.25, 0.3) is 0 Å². The van der Waals surface area contributed by atoms with Crippen LogP contribution >= 0.6 is 0 Å². The average molecular weight is 606 g/mol. The highest BCUT2D eigenvalue weighted by Gasteiger charge is 2.41. The van der Waals surface area contributed by atoms with Crippen molar-refractivity contribution in [3.8, 4) is 0 Å². The van der Waals surface area contributed by atoms with E-state index in [2.05, 4.69) is 49.4 Å². The number of rotatable bonds is 8. The van der Waals surface area contributed by atoms with Crippen molar-refractivity contribution in [2.75, 3.05) is 37.0 Å². The van der Waals surface area contributed by atoms with Crippen molar-refractivity contribution in [2.24, 2.45) is 0 Å². The van der Waals surface area contributed by atoms with Crippen LogP contribution in [0.5, 0.6) is 0 Å². The number of hydrogen-bond donors (Lipinski definition) is 2. The third-order valence-corrected chi connectivity index (χ3v) is 10.1. The first-order chi connectivity index (χ1) is 20.5. The van der Waals surface area contributed by atoms with Crippen molar-refractivity contribution in [2.45, 2.75) is 62.6 Å². The minimum Gasteiger partial charge on any atom is -0.322 e. The van der Waals surface area contributed by atoms with Gasteiger partial charge in [-0.15, -0.1) is 0 Å². The third-order valence-electron chi connectivity index (χ3n) is 8.94. The van der Waals surface area contributed by atoms with Crippen molar-refractivity contribution >= 4 is 38.8 Å². The zero-order valence-corrected chi connectivity index (χ0v) is 25.6. The number of amides is 1. The lowest BCUT2D eigenvalue weighted by atomic mass is 10.0. The number of fused-ring (bicyclic) bond motifs is 3. The van der Waals surface area contributed by atoms with Gasteiger partial charge in [-0.3, -0.25) is 14.6 Å². The monoisotopic (exact) mass is 605 g/mol.